The molecule has 3 unspecified atom stereocenters. The molecular weight excluding hydrogens is 277 g/mol. The average molecular weight is 292 g/mol. The molecule has 2 rings (SSSR count). The van der Waals surface area contributed by atoms with Crippen molar-refractivity contribution >= 4 is 21.9 Å². The summed E-state index contributed by atoms with van der Waals surface area (Å²) in [7, 11) is -5.84. The third kappa shape index (κ3) is 4.03. The van der Waals surface area contributed by atoms with Crippen LogP contribution in [0.25, 0.3) is 0 Å². The highest BCUT2D eigenvalue weighted by atomic mass is 32.2. The number of hydrogen-bond donors (Lipinski definition) is 1. The van der Waals surface area contributed by atoms with Crippen LogP contribution in [-0.2, 0) is 10.1 Å². The summed E-state index contributed by atoms with van der Waals surface area (Å²) in [6.45, 7) is 0. The van der Waals surface area contributed by atoms with Crippen LogP contribution in [0.3, 0.4) is 0 Å². The molecule has 2 saturated carbocycles. The van der Waals surface area contributed by atoms with Crippen molar-refractivity contribution < 1.29 is 26.1 Å². The Bertz CT molecular complexity index is 353. The minimum atomic E-state index is -5.84. The summed E-state index contributed by atoms with van der Waals surface area (Å²) in [6.07, 6.45) is 8.45. The number of thioether (sulfide) groups is 1. The van der Waals surface area contributed by atoms with Gasteiger partial charge in [0.1, 0.15) is 0 Å². The lowest BCUT2D eigenvalue weighted by molar-refractivity contribution is -0.0510. The first-order valence-corrected chi connectivity index (χ1v) is 7.94. The van der Waals surface area contributed by atoms with Gasteiger partial charge in [0.15, 0.2) is 0 Å². The van der Waals surface area contributed by atoms with Crippen LogP contribution in [0, 0.1) is 11.8 Å². The second kappa shape index (κ2) is 5.36. The third-order valence-electron chi connectivity index (χ3n) is 3.27. The molecule has 0 saturated heterocycles. The fourth-order valence-corrected chi connectivity index (χ4v) is 3.57. The quantitative estimate of drug-likeness (QED) is 0.596. The summed E-state index contributed by atoms with van der Waals surface area (Å²) >= 11 is 2.10. The van der Waals surface area contributed by atoms with Gasteiger partial charge in [0.05, 0.1) is 0 Å². The molecule has 0 heterocycles. The molecule has 2 aliphatic rings. The van der Waals surface area contributed by atoms with E-state index in [2.05, 4.69) is 18.0 Å². The van der Waals surface area contributed by atoms with Crippen molar-refractivity contribution in [3.63, 3.8) is 0 Å². The second-order valence-corrected chi connectivity index (χ2v) is 6.86. The summed E-state index contributed by atoms with van der Waals surface area (Å²) in [6, 6.07) is 0. The van der Waals surface area contributed by atoms with Crippen LogP contribution in [0.1, 0.15) is 25.7 Å². The van der Waals surface area contributed by atoms with Crippen LogP contribution in [0.15, 0.2) is 0 Å². The Morgan fingerprint density at radius 2 is 1.76 bits per heavy atom. The lowest BCUT2D eigenvalue weighted by Gasteiger charge is -2.18. The van der Waals surface area contributed by atoms with Crippen molar-refractivity contribution in [2.45, 2.75) is 36.4 Å². The number of halogens is 3. The van der Waals surface area contributed by atoms with Crippen molar-refractivity contribution in [1.29, 1.82) is 0 Å². The highest BCUT2D eigenvalue weighted by Gasteiger charge is 2.44. The molecule has 8 heteroatoms. The van der Waals surface area contributed by atoms with Gasteiger partial charge in [-0.2, -0.15) is 33.4 Å². The maximum atomic E-state index is 10.7. The SMILES string of the molecule is CSC1CC2CCC1C2.O=S(=O)(O)C(F)(F)F. The zero-order chi connectivity index (χ0) is 13.3. The molecule has 2 aliphatic carbocycles. The minimum Gasteiger partial charge on any atom is -0.279 e. The van der Waals surface area contributed by atoms with Crippen molar-refractivity contribution in [2.24, 2.45) is 11.8 Å². The highest BCUT2D eigenvalue weighted by Crippen LogP contribution is 2.48. The van der Waals surface area contributed by atoms with Crippen LogP contribution < -0.4 is 0 Å². The average Bonchev–Trinajstić information content (AvgIpc) is 2.75. The van der Waals surface area contributed by atoms with Crippen LogP contribution in [0.4, 0.5) is 13.2 Å². The van der Waals surface area contributed by atoms with E-state index in [0.29, 0.717) is 0 Å². The maximum Gasteiger partial charge on any atom is 0.522 e. The lowest BCUT2D eigenvalue weighted by atomic mass is 10.0. The van der Waals surface area contributed by atoms with Gasteiger partial charge >= 0.3 is 15.6 Å². The summed E-state index contributed by atoms with van der Waals surface area (Å²) in [4.78, 5) is 0. The Balaban J connectivity index is 0.000000172. The lowest BCUT2D eigenvalue weighted by Crippen LogP contribution is -2.21. The Morgan fingerprint density at radius 3 is 1.94 bits per heavy atom. The van der Waals surface area contributed by atoms with Gasteiger partial charge in [0.25, 0.3) is 0 Å². The Kier molecular flexibility index (Phi) is 4.76. The Hall–Kier alpha value is 0.0500. The minimum absolute atomic E-state index is 1.05. The summed E-state index contributed by atoms with van der Waals surface area (Å²) in [5.74, 6) is 2.25. The van der Waals surface area contributed by atoms with E-state index in [-0.39, 0.29) is 0 Å². The van der Waals surface area contributed by atoms with Gasteiger partial charge in [-0.3, -0.25) is 4.55 Å². The van der Waals surface area contributed by atoms with Crippen LogP contribution >= 0.6 is 11.8 Å². The van der Waals surface area contributed by atoms with E-state index in [9.17, 15) is 13.2 Å². The normalized spacial score (nSPS) is 32.2. The zero-order valence-electron chi connectivity index (χ0n) is 9.27. The number of alkyl halides is 3. The van der Waals surface area contributed by atoms with Crippen molar-refractivity contribution in [3.05, 3.63) is 0 Å². The molecule has 0 aromatic heterocycles. The van der Waals surface area contributed by atoms with E-state index in [0.717, 1.165) is 17.1 Å². The molecule has 0 aliphatic heterocycles. The largest absolute Gasteiger partial charge is 0.522 e. The molecule has 0 radical (unpaired) electrons. The molecule has 0 amide bonds. The zero-order valence-corrected chi connectivity index (χ0v) is 10.9. The van der Waals surface area contributed by atoms with Crippen LogP contribution in [-0.4, -0.2) is 30.0 Å². The molecule has 2 fully saturated rings. The predicted octanol–water partition coefficient (Wildman–Crippen LogP) is 2.93. The van der Waals surface area contributed by atoms with E-state index < -0.39 is 15.6 Å². The molecule has 2 bridgehead atoms. The molecule has 102 valence electrons. The Labute approximate surface area is 103 Å². The monoisotopic (exact) mass is 292 g/mol. The van der Waals surface area contributed by atoms with Gasteiger partial charge in [-0.15, -0.1) is 0 Å². The summed E-state index contributed by atoms with van der Waals surface area (Å²) in [5.41, 5.74) is -5.53. The topological polar surface area (TPSA) is 54.4 Å². The van der Waals surface area contributed by atoms with Gasteiger partial charge in [0.2, 0.25) is 0 Å². The van der Waals surface area contributed by atoms with Crippen molar-refractivity contribution in [1.82, 2.24) is 0 Å². The molecular formula is C9H15F3O3S2. The third-order valence-corrected chi connectivity index (χ3v) is 5.04. The summed E-state index contributed by atoms with van der Waals surface area (Å²) < 4.78 is 57.5. The van der Waals surface area contributed by atoms with Crippen molar-refractivity contribution in [3.8, 4) is 0 Å². The molecule has 17 heavy (non-hydrogen) atoms. The van der Waals surface area contributed by atoms with E-state index in [1.54, 1.807) is 12.8 Å². The highest BCUT2D eigenvalue weighted by molar-refractivity contribution is 7.99. The smallest absolute Gasteiger partial charge is 0.279 e. The van der Waals surface area contributed by atoms with Gasteiger partial charge in [-0.1, -0.05) is 6.42 Å². The van der Waals surface area contributed by atoms with Gasteiger partial charge < -0.3 is 0 Å². The standard InChI is InChI=1S/C8H14S.CHF3O3S/c1-9-8-5-6-2-3-7(8)4-6;2-1(3,4)8(5,6)7/h6-8H,2-5H2,1H3;(H,5,6,7). The molecule has 0 aromatic rings. The second-order valence-electron chi connectivity index (χ2n) is 4.37. The first kappa shape index (κ1) is 15.1. The van der Waals surface area contributed by atoms with Gasteiger partial charge in [-0.25, -0.2) is 0 Å². The number of rotatable bonds is 1. The fraction of sp³-hybridized carbons (Fsp3) is 1.00. The van der Waals surface area contributed by atoms with E-state index in [4.69, 9.17) is 13.0 Å². The van der Waals surface area contributed by atoms with E-state index in [1.807, 2.05) is 0 Å². The predicted molar refractivity (Wildman–Crippen MR) is 60.4 cm³/mol. The molecule has 0 aromatic carbocycles. The van der Waals surface area contributed by atoms with Crippen LogP contribution in [0.2, 0.25) is 0 Å². The van der Waals surface area contributed by atoms with Gasteiger partial charge in [0, 0.05) is 5.25 Å². The Morgan fingerprint density at radius 1 is 1.24 bits per heavy atom. The fourth-order valence-electron chi connectivity index (χ4n) is 2.48. The van der Waals surface area contributed by atoms with Crippen molar-refractivity contribution in [2.75, 3.05) is 6.26 Å². The molecule has 0 spiro atoms. The first-order chi connectivity index (χ1) is 7.65. The van der Waals surface area contributed by atoms with E-state index in [1.165, 1.54) is 12.8 Å². The first-order valence-electron chi connectivity index (χ1n) is 5.21. The number of fused-ring (bicyclic) bond motifs is 2. The molecule has 3 atom stereocenters. The summed E-state index contributed by atoms with van der Waals surface area (Å²) in [5, 5.41) is 1.05. The van der Waals surface area contributed by atoms with Gasteiger partial charge in [-0.05, 0) is 37.4 Å². The number of hydrogen-bond acceptors (Lipinski definition) is 3. The molecule has 1 N–H and O–H groups in total. The molecule has 3 nitrogen and oxygen atoms in total. The van der Waals surface area contributed by atoms with E-state index >= 15 is 0 Å². The van der Waals surface area contributed by atoms with Crippen LogP contribution in [0.5, 0.6) is 0 Å². The maximum absolute atomic E-state index is 10.7.